The Labute approximate surface area is 221 Å². The summed E-state index contributed by atoms with van der Waals surface area (Å²) in [5.41, 5.74) is 6.00. The zero-order valence-corrected chi connectivity index (χ0v) is 21.0. The van der Waals surface area contributed by atoms with Gasteiger partial charge in [-0.1, -0.05) is 44.4 Å². The molecule has 0 fully saturated rings. The highest BCUT2D eigenvalue weighted by Crippen LogP contribution is 2.46. The molecule has 5 N–H and O–H groups in total. The quantitative estimate of drug-likeness (QED) is 0.0578. The van der Waals surface area contributed by atoms with E-state index >= 15 is 0 Å². The summed E-state index contributed by atoms with van der Waals surface area (Å²) in [6.07, 6.45) is 3.65. The van der Waals surface area contributed by atoms with Crippen LogP contribution < -0.4 is 5.73 Å². The van der Waals surface area contributed by atoms with Crippen LogP contribution in [0.25, 0.3) is 43.1 Å². The van der Waals surface area contributed by atoms with Crippen molar-refractivity contribution >= 4 is 72.7 Å². The van der Waals surface area contributed by atoms with Gasteiger partial charge in [-0.05, 0) is 52.2 Å². The first kappa shape index (κ1) is 25.7. The number of nitrogens with two attached hydrogens (primary N) is 1. The zero-order valence-electron chi connectivity index (χ0n) is 21.0. The number of anilines is 1. The summed E-state index contributed by atoms with van der Waals surface area (Å²) in [7, 11) is 0. The second-order valence-corrected chi connectivity index (χ2v) is 9.48. The topological polar surface area (TPSA) is 164 Å². The molecule has 9 nitrogen and oxygen atoms in total. The van der Waals surface area contributed by atoms with Crippen molar-refractivity contribution in [1.29, 1.82) is 0 Å². The average Bonchev–Trinajstić information content (AvgIpc) is 2.90. The van der Waals surface area contributed by atoms with Gasteiger partial charge in [-0.15, -0.1) is 0 Å². The summed E-state index contributed by atoms with van der Waals surface area (Å²) >= 11 is 0. The summed E-state index contributed by atoms with van der Waals surface area (Å²) in [6.45, 7) is 2.28. The van der Waals surface area contributed by atoms with Crippen LogP contribution in [-0.4, -0.2) is 45.8 Å². The Kier molecular flexibility index (Phi) is 6.43. The molecule has 5 aromatic carbocycles. The molecular formula is C30H25NO8. The molecule has 0 bridgehead atoms. The fourth-order valence-corrected chi connectivity index (χ4v) is 5.50. The van der Waals surface area contributed by atoms with Crippen LogP contribution in [0.3, 0.4) is 0 Å². The number of hydrogen-bond donors (Lipinski definition) is 4. The Hall–Kier alpha value is -4.92. The zero-order chi connectivity index (χ0) is 28.0. The largest absolute Gasteiger partial charge is 0.478 e. The fraction of sp³-hybridized carbons (Fsp3) is 0.200. The van der Waals surface area contributed by atoms with Crippen molar-refractivity contribution in [3.63, 3.8) is 0 Å². The number of rotatable bonds is 9. The second-order valence-electron chi connectivity index (χ2n) is 9.48. The van der Waals surface area contributed by atoms with Crippen molar-refractivity contribution in [2.45, 2.75) is 32.6 Å². The number of carbonyl (C=O) groups excluding carboxylic acids is 1. The first-order chi connectivity index (χ1) is 18.7. The highest BCUT2D eigenvalue weighted by Gasteiger charge is 2.27. The smallest absolute Gasteiger partial charge is 0.338 e. The van der Waals surface area contributed by atoms with E-state index < -0.39 is 23.9 Å². The molecule has 198 valence electrons. The molecule has 0 unspecified atom stereocenters. The van der Waals surface area contributed by atoms with Gasteiger partial charge in [-0.3, -0.25) is 0 Å². The molecule has 0 saturated carbocycles. The summed E-state index contributed by atoms with van der Waals surface area (Å²) in [6, 6.07) is 10.1. The average molecular weight is 528 g/mol. The first-order valence-electron chi connectivity index (χ1n) is 12.5. The third-order valence-corrected chi connectivity index (χ3v) is 7.18. The number of carboxylic acids is 3. The van der Waals surface area contributed by atoms with Crippen molar-refractivity contribution in [2.24, 2.45) is 0 Å². The summed E-state index contributed by atoms with van der Waals surface area (Å²) < 4.78 is 5.50. The number of hydrogen-bond acceptors (Lipinski definition) is 6. The van der Waals surface area contributed by atoms with Gasteiger partial charge < -0.3 is 25.8 Å². The molecule has 9 heteroatoms. The Morgan fingerprint density at radius 2 is 1.18 bits per heavy atom. The maximum atomic E-state index is 13.2. The molecule has 0 radical (unpaired) electrons. The van der Waals surface area contributed by atoms with Crippen LogP contribution in [-0.2, 0) is 4.74 Å². The predicted octanol–water partition coefficient (Wildman–Crippen LogP) is 6.15. The van der Waals surface area contributed by atoms with E-state index in [4.69, 9.17) is 10.5 Å². The molecule has 0 aliphatic rings. The number of fused-ring (bicyclic) bond motifs is 2. The predicted molar refractivity (Wildman–Crippen MR) is 147 cm³/mol. The molecule has 5 rings (SSSR count). The van der Waals surface area contributed by atoms with E-state index in [1.165, 1.54) is 24.3 Å². The Bertz CT molecular complexity index is 1840. The number of ether oxygens (including phenoxy) is 1. The molecule has 0 aromatic heterocycles. The number of esters is 1. The Morgan fingerprint density at radius 1 is 0.641 bits per heavy atom. The van der Waals surface area contributed by atoms with Gasteiger partial charge in [0.05, 0.1) is 28.9 Å². The first-order valence-corrected chi connectivity index (χ1v) is 12.5. The minimum Gasteiger partial charge on any atom is -0.478 e. The lowest BCUT2D eigenvalue weighted by Crippen LogP contribution is -2.10. The van der Waals surface area contributed by atoms with Crippen molar-refractivity contribution < 1.29 is 39.2 Å². The van der Waals surface area contributed by atoms with Gasteiger partial charge in [0, 0.05) is 27.2 Å². The maximum Gasteiger partial charge on any atom is 0.338 e. The van der Waals surface area contributed by atoms with Crippen LogP contribution in [0.4, 0.5) is 5.69 Å². The lowest BCUT2D eigenvalue weighted by atomic mass is 9.83. The second kappa shape index (κ2) is 9.75. The number of nitrogen functional groups attached to an aromatic ring is 1. The van der Waals surface area contributed by atoms with Gasteiger partial charge in [0.2, 0.25) is 0 Å². The van der Waals surface area contributed by atoms with Gasteiger partial charge in [0.25, 0.3) is 0 Å². The highest BCUT2D eigenvalue weighted by atomic mass is 16.5. The summed E-state index contributed by atoms with van der Waals surface area (Å²) in [5, 5.41) is 32.6. The maximum absolute atomic E-state index is 13.2. The minimum absolute atomic E-state index is 0.0216. The lowest BCUT2D eigenvalue weighted by Gasteiger charge is -2.20. The van der Waals surface area contributed by atoms with E-state index in [1.54, 1.807) is 18.2 Å². The number of aromatic carboxylic acids is 3. The van der Waals surface area contributed by atoms with E-state index in [1.807, 2.05) is 0 Å². The third-order valence-electron chi connectivity index (χ3n) is 7.18. The molecule has 39 heavy (non-hydrogen) atoms. The SMILES string of the molecule is CCCCCCOC(=O)c1ccc2c3c(N)cc(C(=O)O)c4c(C(=O)O)ccc(c5ccc(C(=O)O)c1c52)c43. The van der Waals surface area contributed by atoms with Crippen molar-refractivity contribution in [2.75, 3.05) is 12.3 Å². The van der Waals surface area contributed by atoms with Crippen LogP contribution in [0.2, 0.25) is 0 Å². The molecule has 0 saturated heterocycles. The molecular weight excluding hydrogens is 502 g/mol. The molecule has 0 atom stereocenters. The molecule has 5 aromatic rings. The molecule has 0 spiro atoms. The van der Waals surface area contributed by atoms with E-state index in [9.17, 15) is 34.5 Å². The van der Waals surface area contributed by atoms with Crippen LogP contribution in [0.5, 0.6) is 0 Å². The van der Waals surface area contributed by atoms with Crippen molar-refractivity contribution in [3.05, 3.63) is 64.7 Å². The van der Waals surface area contributed by atoms with Crippen molar-refractivity contribution in [3.8, 4) is 0 Å². The standard InChI is InChI=1S/C30H25NO8/c1-2-3-4-5-12-39-30(38)19-11-8-16-22-14(6-9-17(23(19)22)27(32)33)15-7-10-18(28(34)35)24-20(29(36)37)13-21(31)25(16)26(15)24/h6-11,13H,2-5,12,31H2,1H3,(H,32,33)(H,34,35)(H,36,37). The van der Waals surface area contributed by atoms with E-state index in [-0.39, 0.29) is 45.3 Å². The summed E-state index contributed by atoms with van der Waals surface area (Å²) in [4.78, 5) is 49.7. The minimum atomic E-state index is -1.33. The monoisotopic (exact) mass is 527 g/mol. The van der Waals surface area contributed by atoms with E-state index in [0.29, 0.717) is 38.7 Å². The van der Waals surface area contributed by atoms with Gasteiger partial charge >= 0.3 is 23.9 Å². The Balaban J connectivity index is 1.90. The van der Waals surface area contributed by atoms with Gasteiger partial charge in [0.1, 0.15) is 0 Å². The van der Waals surface area contributed by atoms with E-state index in [2.05, 4.69) is 6.92 Å². The number of carboxylic acid groups (broad SMARTS) is 3. The summed E-state index contributed by atoms with van der Waals surface area (Å²) in [5.74, 6) is -4.51. The van der Waals surface area contributed by atoms with Gasteiger partial charge in [-0.2, -0.15) is 0 Å². The number of benzene rings is 5. The molecule has 0 heterocycles. The molecule has 0 amide bonds. The third kappa shape index (κ3) is 4.03. The number of unbranched alkanes of at least 4 members (excludes halogenated alkanes) is 3. The van der Waals surface area contributed by atoms with Crippen LogP contribution in [0.15, 0.2) is 42.5 Å². The fourth-order valence-electron chi connectivity index (χ4n) is 5.50. The highest BCUT2D eigenvalue weighted by molar-refractivity contribution is 6.39. The Morgan fingerprint density at radius 3 is 1.77 bits per heavy atom. The van der Waals surface area contributed by atoms with Gasteiger partial charge in [-0.25, -0.2) is 19.2 Å². The lowest BCUT2D eigenvalue weighted by molar-refractivity contribution is 0.0499. The van der Waals surface area contributed by atoms with Crippen LogP contribution in [0, 0.1) is 0 Å². The van der Waals surface area contributed by atoms with Crippen LogP contribution in [0.1, 0.15) is 74.0 Å². The molecule has 0 aliphatic heterocycles. The van der Waals surface area contributed by atoms with Crippen LogP contribution >= 0.6 is 0 Å². The molecule has 0 aliphatic carbocycles. The van der Waals surface area contributed by atoms with Gasteiger partial charge in [0.15, 0.2) is 0 Å². The van der Waals surface area contributed by atoms with Crippen molar-refractivity contribution in [1.82, 2.24) is 0 Å². The normalized spacial score (nSPS) is 11.5. The number of carbonyl (C=O) groups is 4. The van der Waals surface area contributed by atoms with E-state index in [0.717, 1.165) is 19.3 Å².